The van der Waals surface area contributed by atoms with Gasteiger partial charge in [0.2, 0.25) is 5.75 Å². The summed E-state index contributed by atoms with van der Waals surface area (Å²) in [6.45, 7) is 2.51. The van der Waals surface area contributed by atoms with Crippen LogP contribution in [0.3, 0.4) is 0 Å². The SMILES string of the molecule is CCCOc1c(OC)cc(OB(O)O)cc1OC. The van der Waals surface area contributed by atoms with E-state index in [1.165, 1.54) is 26.4 Å². The van der Waals surface area contributed by atoms with Crippen LogP contribution in [0, 0.1) is 0 Å². The molecule has 7 heteroatoms. The van der Waals surface area contributed by atoms with Crippen molar-refractivity contribution in [1.29, 1.82) is 0 Å². The maximum atomic E-state index is 8.76. The minimum absolute atomic E-state index is 0.211. The lowest BCUT2D eigenvalue weighted by Crippen LogP contribution is -2.20. The molecule has 1 aromatic rings. The molecular formula is C11H17BO6. The maximum absolute atomic E-state index is 8.76. The summed E-state index contributed by atoms with van der Waals surface area (Å²) >= 11 is 0. The molecule has 0 aromatic heterocycles. The first kappa shape index (κ1) is 14.5. The third kappa shape index (κ3) is 3.71. The van der Waals surface area contributed by atoms with Crippen LogP contribution in [0.25, 0.3) is 0 Å². The molecule has 0 aliphatic heterocycles. The molecular weight excluding hydrogens is 239 g/mol. The van der Waals surface area contributed by atoms with Crippen LogP contribution in [0.4, 0.5) is 0 Å². The molecule has 0 amide bonds. The van der Waals surface area contributed by atoms with Crippen LogP contribution >= 0.6 is 0 Å². The van der Waals surface area contributed by atoms with Gasteiger partial charge in [0.1, 0.15) is 5.75 Å². The van der Waals surface area contributed by atoms with Gasteiger partial charge in [-0.2, -0.15) is 0 Å². The van der Waals surface area contributed by atoms with Crippen LogP contribution < -0.4 is 18.9 Å². The van der Waals surface area contributed by atoms with Crippen molar-refractivity contribution in [3.63, 3.8) is 0 Å². The quantitative estimate of drug-likeness (QED) is 0.704. The van der Waals surface area contributed by atoms with E-state index in [1.54, 1.807) is 0 Å². The van der Waals surface area contributed by atoms with Gasteiger partial charge in [0.25, 0.3) is 0 Å². The monoisotopic (exact) mass is 256 g/mol. The average Bonchev–Trinajstić information content (AvgIpc) is 2.35. The van der Waals surface area contributed by atoms with Crippen molar-refractivity contribution in [2.75, 3.05) is 20.8 Å². The minimum Gasteiger partial charge on any atom is -0.512 e. The van der Waals surface area contributed by atoms with E-state index in [2.05, 4.69) is 0 Å². The summed E-state index contributed by atoms with van der Waals surface area (Å²) in [5.41, 5.74) is 0. The predicted octanol–water partition coefficient (Wildman–Crippen LogP) is 0.841. The largest absolute Gasteiger partial charge is 0.707 e. The van der Waals surface area contributed by atoms with Crippen molar-refractivity contribution in [2.45, 2.75) is 13.3 Å². The summed E-state index contributed by atoms with van der Waals surface area (Å²) in [6.07, 6.45) is 0.847. The van der Waals surface area contributed by atoms with Gasteiger partial charge in [-0.3, -0.25) is 0 Å². The number of hydrogen-bond acceptors (Lipinski definition) is 6. The van der Waals surface area contributed by atoms with E-state index in [9.17, 15) is 0 Å². The van der Waals surface area contributed by atoms with Crippen molar-refractivity contribution in [3.8, 4) is 23.0 Å². The molecule has 2 N–H and O–H groups in total. The van der Waals surface area contributed by atoms with Gasteiger partial charge in [0, 0.05) is 12.1 Å². The number of methoxy groups -OCH3 is 2. The van der Waals surface area contributed by atoms with Crippen LogP contribution in [0.2, 0.25) is 0 Å². The molecule has 6 nitrogen and oxygen atoms in total. The zero-order valence-electron chi connectivity index (χ0n) is 10.7. The third-order valence-corrected chi connectivity index (χ3v) is 2.13. The molecule has 0 saturated heterocycles. The molecule has 0 unspecified atom stereocenters. The number of hydrogen-bond donors (Lipinski definition) is 2. The van der Waals surface area contributed by atoms with E-state index in [0.717, 1.165) is 6.42 Å². The van der Waals surface area contributed by atoms with Gasteiger partial charge < -0.3 is 28.9 Å². The molecule has 0 aliphatic rings. The second-order valence-electron chi connectivity index (χ2n) is 3.45. The van der Waals surface area contributed by atoms with E-state index < -0.39 is 7.32 Å². The van der Waals surface area contributed by atoms with Crippen LogP contribution in [0.15, 0.2) is 12.1 Å². The fourth-order valence-electron chi connectivity index (χ4n) is 1.39. The Labute approximate surface area is 106 Å². The standard InChI is InChI=1S/C11H17BO6/c1-4-5-17-11-9(15-2)6-8(18-12(13)14)7-10(11)16-3/h6-7,13-14H,4-5H2,1-3H3. The van der Waals surface area contributed by atoms with Gasteiger partial charge in [-0.15, -0.1) is 0 Å². The Morgan fingerprint density at radius 3 is 2.06 bits per heavy atom. The summed E-state index contributed by atoms with van der Waals surface area (Å²) in [7, 11) is 1.06. The molecule has 0 spiro atoms. The van der Waals surface area contributed by atoms with E-state index >= 15 is 0 Å². The highest BCUT2D eigenvalue weighted by Gasteiger charge is 2.18. The van der Waals surface area contributed by atoms with Crippen molar-refractivity contribution in [1.82, 2.24) is 0 Å². The summed E-state index contributed by atoms with van der Waals surface area (Å²) in [5, 5.41) is 17.5. The molecule has 0 saturated carbocycles. The lowest BCUT2D eigenvalue weighted by Gasteiger charge is -2.16. The average molecular weight is 256 g/mol. The summed E-state index contributed by atoms with van der Waals surface area (Å²) < 4.78 is 20.6. The zero-order chi connectivity index (χ0) is 13.5. The van der Waals surface area contributed by atoms with Crippen LogP contribution in [0.1, 0.15) is 13.3 Å². The number of rotatable bonds is 7. The first-order valence-corrected chi connectivity index (χ1v) is 5.54. The summed E-state index contributed by atoms with van der Waals surface area (Å²) in [4.78, 5) is 0. The Bertz CT molecular complexity index is 357. The molecule has 1 aromatic carbocycles. The smallest absolute Gasteiger partial charge is 0.512 e. The maximum Gasteiger partial charge on any atom is 0.707 e. The molecule has 0 bridgehead atoms. The molecule has 0 heterocycles. The summed E-state index contributed by atoms with van der Waals surface area (Å²) in [6, 6.07) is 2.99. The molecule has 1 rings (SSSR count). The zero-order valence-corrected chi connectivity index (χ0v) is 10.7. The first-order valence-electron chi connectivity index (χ1n) is 5.54. The van der Waals surface area contributed by atoms with Gasteiger partial charge in [0.05, 0.1) is 20.8 Å². The molecule has 100 valence electrons. The first-order chi connectivity index (χ1) is 8.62. The predicted molar refractivity (Wildman–Crippen MR) is 66.2 cm³/mol. The van der Waals surface area contributed by atoms with E-state index in [0.29, 0.717) is 23.9 Å². The highest BCUT2D eigenvalue weighted by molar-refractivity contribution is 6.33. The Balaban J connectivity index is 3.08. The van der Waals surface area contributed by atoms with Gasteiger partial charge in [-0.05, 0) is 6.42 Å². The molecule has 0 fully saturated rings. The van der Waals surface area contributed by atoms with E-state index in [1.807, 2.05) is 6.92 Å². The van der Waals surface area contributed by atoms with E-state index in [4.69, 9.17) is 28.9 Å². The molecule has 0 radical (unpaired) electrons. The lowest BCUT2D eigenvalue weighted by molar-refractivity contribution is 0.268. The van der Waals surface area contributed by atoms with Crippen molar-refractivity contribution < 1.29 is 28.9 Å². The van der Waals surface area contributed by atoms with E-state index in [-0.39, 0.29) is 5.75 Å². The van der Waals surface area contributed by atoms with Gasteiger partial charge >= 0.3 is 7.32 Å². The number of ether oxygens (including phenoxy) is 3. The lowest BCUT2D eigenvalue weighted by atomic mass is 10.2. The Morgan fingerprint density at radius 2 is 1.67 bits per heavy atom. The third-order valence-electron chi connectivity index (χ3n) is 2.13. The topological polar surface area (TPSA) is 77.4 Å². The normalized spacial score (nSPS) is 9.83. The highest BCUT2D eigenvalue weighted by atomic mass is 16.6. The highest BCUT2D eigenvalue weighted by Crippen LogP contribution is 2.41. The second-order valence-corrected chi connectivity index (χ2v) is 3.45. The van der Waals surface area contributed by atoms with Gasteiger partial charge in [0.15, 0.2) is 11.5 Å². The van der Waals surface area contributed by atoms with Gasteiger partial charge in [-0.1, -0.05) is 6.92 Å². The fraction of sp³-hybridized carbons (Fsp3) is 0.455. The van der Waals surface area contributed by atoms with Gasteiger partial charge in [-0.25, -0.2) is 0 Å². The summed E-state index contributed by atoms with van der Waals surface area (Å²) in [5.74, 6) is 1.47. The van der Waals surface area contributed by atoms with Crippen molar-refractivity contribution in [3.05, 3.63) is 12.1 Å². The Kier molecular flexibility index (Phi) is 5.61. The second kappa shape index (κ2) is 6.98. The number of benzene rings is 1. The molecule has 0 atom stereocenters. The fourth-order valence-corrected chi connectivity index (χ4v) is 1.39. The Hall–Kier alpha value is -1.60. The van der Waals surface area contributed by atoms with Crippen molar-refractivity contribution in [2.24, 2.45) is 0 Å². The minimum atomic E-state index is -1.90. The Morgan fingerprint density at radius 1 is 1.11 bits per heavy atom. The van der Waals surface area contributed by atoms with Crippen LogP contribution in [0.5, 0.6) is 23.0 Å². The molecule has 0 aliphatic carbocycles. The van der Waals surface area contributed by atoms with Crippen LogP contribution in [-0.4, -0.2) is 38.2 Å². The van der Waals surface area contributed by atoms with Crippen LogP contribution in [-0.2, 0) is 0 Å². The van der Waals surface area contributed by atoms with Crippen molar-refractivity contribution >= 4 is 7.32 Å². The molecule has 18 heavy (non-hydrogen) atoms.